The molecule has 1 fully saturated rings. The van der Waals surface area contributed by atoms with Crippen LogP contribution in [0.25, 0.3) is 0 Å². The van der Waals surface area contributed by atoms with Crippen molar-refractivity contribution in [2.75, 3.05) is 19.6 Å². The summed E-state index contributed by atoms with van der Waals surface area (Å²) in [7, 11) is -1.35. The first kappa shape index (κ1) is 23.2. The zero-order valence-corrected chi connectivity index (χ0v) is 13.5. The monoisotopic (exact) mass is 346 g/mol. The van der Waals surface area contributed by atoms with Crippen molar-refractivity contribution in [1.82, 2.24) is 4.90 Å². The zero-order valence-electron chi connectivity index (χ0n) is 11.8. The Balaban J connectivity index is 0. The number of likely N-dealkylation sites (tertiary alicyclic amines) is 1. The third kappa shape index (κ3) is 8.20. The normalized spacial score (nSPS) is 17.9. The Labute approximate surface area is 137 Å². The summed E-state index contributed by atoms with van der Waals surface area (Å²) in [5.41, 5.74) is 4.63. The van der Waals surface area contributed by atoms with Gasteiger partial charge in [0.2, 0.25) is 0 Å². The number of carboxylic acid groups (broad SMARTS) is 1. The molecule has 0 aromatic carbocycles. The molecule has 0 aromatic rings. The molecule has 1 atom stereocenters. The van der Waals surface area contributed by atoms with Crippen LogP contribution in [0, 0.1) is 0 Å². The molecule has 1 saturated heterocycles. The predicted molar refractivity (Wildman–Crippen MR) is 85.0 cm³/mol. The molecule has 1 aliphatic heterocycles. The SMILES string of the molecule is Cl.Cl.NC(CCCCB(O)O)(CCN1CC(O)C1)C(=O)O. The molecule has 0 bridgehead atoms. The molecule has 1 rings (SSSR count). The minimum atomic E-state index is -1.35. The second-order valence-corrected chi connectivity index (χ2v) is 5.35. The number of nitrogens with zero attached hydrogens (tertiary/aromatic N) is 1. The minimum Gasteiger partial charge on any atom is -0.480 e. The number of unbranched alkanes of at least 4 members (excludes halogenated alkanes) is 1. The van der Waals surface area contributed by atoms with Crippen LogP contribution >= 0.6 is 24.8 Å². The molecule has 0 radical (unpaired) electrons. The first-order valence-corrected chi connectivity index (χ1v) is 6.62. The molecule has 0 amide bonds. The highest BCUT2D eigenvalue weighted by molar-refractivity contribution is 6.40. The van der Waals surface area contributed by atoms with Gasteiger partial charge in [-0.2, -0.15) is 0 Å². The number of hydrogen-bond acceptors (Lipinski definition) is 6. The van der Waals surface area contributed by atoms with Gasteiger partial charge in [0.1, 0.15) is 5.54 Å². The Bertz CT molecular complexity index is 308. The summed E-state index contributed by atoms with van der Waals surface area (Å²) >= 11 is 0. The summed E-state index contributed by atoms with van der Waals surface area (Å²) in [6.45, 7) is 1.71. The summed E-state index contributed by atoms with van der Waals surface area (Å²) < 4.78 is 0. The highest BCUT2D eigenvalue weighted by Crippen LogP contribution is 2.20. The van der Waals surface area contributed by atoms with Crippen LogP contribution in [0.15, 0.2) is 0 Å². The Hall–Kier alpha value is -0.0851. The number of carboxylic acids is 1. The molecule has 7 nitrogen and oxygen atoms in total. The largest absolute Gasteiger partial charge is 0.480 e. The van der Waals surface area contributed by atoms with E-state index in [0.717, 1.165) is 0 Å². The third-order valence-corrected chi connectivity index (χ3v) is 3.57. The van der Waals surface area contributed by atoms with Crippen molar-refractivity contribution in [2.24, 2.45) is 5.73 Å². The number of aliphatic hydroxyl groups excluding tert-OH is 1. The summed E-state index contributed by atoms with van der Waals surface area (Å²) in [5.74, 6) is -1.03. The van der Waals surface area contributed by atoms with Gasteiger partial charge in [-0.25, -0.2) is 0 Å². The van der Waals surface area contributed by atoms with Gasteiger partial charge in [-0.05, 0) is 19.2 Å². The van der Waals surface area contributed by atoms with Gasteiger partial charge in [0, 0.05) is 19.6 Å². The number of rotatable bonds is 9. The number of aliphatic carboxylic acids is 1. The fraction of sp³-hybridized carbons (Fsp3) is 0.909. The standard InChI is InChI=1S/C11H23BN2O5.2ClH/c13-11(10(16)17,3-1-2-5-12(18)19)4-6-14-7-9(15)8-14;;/h9,15,18-19H,1-8,13H2,(H,16,17);2*1H. The summed E-state index contributed by atoms with van der Waals surface area (Å²) in [6.07, 6.45) is 1.65. The van der Waals surface area contributed by atoms with E-state index in [1.807, 2.05) is 4.90 Å². The number of halogens is 2. The number of aliphatic hydroxyl groups is 1. The minimum absolute atomic E-state index is 0. The Morgan fingerprint density at radius 1 is 1.24 bits per heavy atom. The molecule has 0 spiro atoms. The van der Waals surface area contributed by atoms with Gasteiger partial charge >= 0.3 is 13.1 Å². The molecule has 126 valence electrons. The molecule has 1 heterocycles. The molecule has 0 aromatic heterocycles. The van der Waals surface area contributed by atoms with Crippen molar-refractivity contribution in [1.29, 1.82) is 0 Å². The van der Waals surface area contributed by atoms with Crippen molar-refractivity contribution in [3.8, 4) is 0 Å². The van der Waals surface area contributed by atoms with Crippen LogP contribution in [-0.4, -0.2) is 69.5 Å². The average Bonchev–Trinajstić information content (AvgIpc) is 2.28. The van der Waals surface area contributed by atoms with Crippen LogP contribution in [0.3, 0.4) is 0 Å². The van der Waals surface area contributed by atoms with Crippen molar-refractivity contribution < 1.29 is 25.1 Å². The first-order valence-electron chi connectivity index (χ1n) is 6.62. The smallest absolute Gasteiger partial charge is 0.451 e. The van der Waals surface area contributed by atoms with E-state index in [2.05, 4.69) is 0 Å². The highest BCUT2D eigenvalue weighted by Gasteiger charge is 2.35. The number of carbonyl (C=O) groups is 1. The van der Waals surface area contributed by atoms with Crippen molar-refractivity contribution in [2.45, 2.75) is 43.6 Å². The van der Waals surface area contributed by atoms with E-state index in [-0.39, 0.29) is 37.2 Å². The summed E-state index contributed by atoms with van der Waals surface area (Å²) in [5, 5.41) is 35.8. The molecule has 21 heavy (non-hydrogen) atoms. The highest BCUT2D eigenvalue weighted by atomic mass is 35.5. The number of hydrogen-bond donors (Lipinski definition) is 5. The maximum absolute atomic E-state index is 11.2. The average molecular weight is 347 g/mol. The van der Waals surface area contributed by atoms with Crippen LogP contribution in [0.1, 0.15) is 25.7 Å². The van der Waals surface area contributed by atoms with E-state index in [9.17, 15) is 9.90 Å². The van der Waals surface area contributed by atoms with Crippen LogP contribution in [0.5, 0.6) is 0 Å². The van der Waals surface area contributed by atoms with Crippen LogP contribution in [-0.2, 0) is 4.79 Å². The van der Waals surface area contributed by atoms with E-state index in [0.29, 0.717) is 45.3 Å². The topological polar surface area (TPSA) is 127 Å². The van der Waals surface area contributed by atoms with Crippen molar-refractivity contribution in [3.05, 3.63) is 0 Å². The zero-order chi connectivity index (χ0) is 14.5. The second kappa shape index (κ2) is 10.6. The first-order chi connectivity index (χ1) is 8.83. The van der Waals surface area contributed by atoms with Gasteiger partial charge in [-0.1, -0.05) is 12.8 Å². The van der Waals surface area contributed by atoms with Crippen LogP contribution < -0.4 is 5.73 Å². The lowest BCUT2D eigenvalue weighted by Crippen LogP contribution is -2.55. The molecule has 0 saturated carbocycles. The molecule has 1 aliphatic rings. The Kier molecular flexibility index (Phi) is 11.7. The van der Waals surface area contributed by atoms with Gasteiger partial charge < -0.3 is 26.0 Å². The predicted octanol–water partition coefficient (Wildman–Crippen LogP) is -0.678. The van der Waals surface area contributed by atoms with Gasteiger partial charge in [0.05, 0.1) is 6.10 Å². The van der Waals surface area contributed by atoms with Gasteiger partial charge in [0.15, 0.2) is 0 Å². The second-order valence-electron chi connectivity index (χ2n) is 5.35. The lowest BCUT2D eigenvalue weighted by atomic mass is 9.81. The maximum atomic E-state index is 11.2. The number of nitrogens with two attached hydrogens (primary N) is 1. The van der Waals surface area contributed by atoms with Crippen LogP contribution in [0.2, 0.25) is 6.32 Å². The Morgan fingerprint density at radius 2 is 1.81 bits per heavy atom. The number of β-amino-alcohol motifs (C(OH)–C–C–N with tert-alkyl or cyclic N) is 1. The van der Waals surface area contributed by atoms with Gasteiger partial charge in [-0.3, -0.25) is 9.69 Å². The molecule has 1 unspecified atom stereocenters. The summed E-state index contributed by atoms with van der Waals surface area (Å²) in [4.78, 5) is 13.2. The van der Waals surface area contributed by atoms with E-state index in [1.54, 1.807) is 0 Å². The fourth-order valence-corrected chi connectivity index (χ4v) is 2.19. The molecular weight excluding hydrogens is 322 g/mol. The van der Waals surface area contributed by atoms with Gasteiger partial charge in [0.25, 0.3) is 0 Å². The summed E-state index contributed by atoms with van der Waals surface area (Å²) in [6, 6.07) is 0. The van der Waals surface area contributed by atoms with Crippen LogP contribution in [0.4, 0.5) is 0 Å². The van der Waals surface area contributed by atoms with Crippen molar-refractivity contribution >= 4 is 37.9 Å². The maximum Gasteiger partial charge on any atom is 0.451 e. The Morgan fingerprint density at radius 3 is 2.24 bits per heavy atom. The lowest BCUT2D eigenvalue weighted by molar-refractivity contribution is -0.144. The van der Waals surface area contributed by atoms with E-state index < -0.39 is 18.6 Å². The van der Waals surface area contributed by atoms with E-state index >= 15 is 0 Å². The molecule has 0 aliphatic carbocycles. The third-order valence-electron chi connectivity index (χ3n) is 3.57. The van der Waals surface area contributed by atoms with Crippen molar-refractivity contribution in [3.63, 3.8) is 0 Å². The van der Waals surface area contributed by atoms with Gasteiger partial charge in [-0.15, -0.1) is 24.8 Å². The van der Waals surface area contributed by atoms with E-state index in [1.165, 1.54) is 0 Å². The molecule has 10 heteroatoms. The fourth-order valence-electron chi connectivity index (χ4n) is 2.19. The van der Waals surface area contributed by atoms with E-state index in [4.69, 9.17) is 20.9 Å². The molecular formula is C11H25BCl2N2O5. The molecule has 6 N–H and O–H groups in total. The quantitative estimate of drug-likeness (QED) is 0.276. The lowest BCUT2D eigenvalue weighted by Gasteiger charge is -2.37.